The third-order valence-electron chi connectivity index (χ3n) is 10.6. The van der Waals surface area contributed by atoms with Crippen LogP contribution in [-0.4, -0.2) is 33.0 Å². The van der Waals surface area contributed by atoms with Gasteiger partial charge in [-0.15, -0.1) is 0 Å². The highest BCUT2D eigenvalue weighted by Crippen LogP contribution is 2.54. The fraction of sp³-hybridized carbons (Fsp3) is 0.422. The molecule has 0 aromatic heterocycles. The Morgan fingerprint density at radius 3 is 2.12 bits per heavy atom. The second-order valence-corrected chi connectivity index (χ2v) is 15.5. The lowest BCUT2D eigenvalue weighted by molar-refractivity contribution is 0.0320. The third kappa shape index (κ3) is 7.64. The molecule has 0 saturated heterocycles. The highest BCUT2D eigenvalue weighted by molar-refractivity contribution is 9.12. The van der Waals surface area contributed by atoms with Crippen LogP contribution in [0, 0.1) is 35.2 Å². The summed E-state index contributed by atoms with van der Waals surface area (Å²) in [7, 11) is 4.20. The van der Waals surface area contributed by atoms with E-state index in [2.05, 4.69) is 171 Å². The summed E-state index contributed by atoms with van der Waals surface area (Å²) in [6, 6.07) is 12.8. The minimum atomic E-state index is -0.930. The number of rotatable bonds is 12. The van der Waals surface area contributed by atoms with Gasteiger partial charge in [0.25, 0.3) is 0 Å². The zero-order chi connectivity index (χ0) is 37.5. The zero-order valence-corrected chi connectivity index (χ0v) is 34.1. The molecule has 5 rings (SSSR count). The van der Waals surface area contributed by atoms with Crippen molar-refractivity contribution in [2.75, 3.05) is 37.1 Å². The number of fused-ring (bicyclic) bond motifs is 2. The summed E-state index contributed by atoms with van der Waals surface area (Å²) in [4.78, 5) is 4.47. The molecular formula is C45H50BrClN2O3. The number of ether oxygens (including phenoxy) is 3. The van der Waals surface area contributed by atoms with Crippen molar-refractivity contribution in [1.82, 2.24) is 0 Å². The molecule has 0 amide bonds. The number of halogens is 2. The Morgan fingerprint density at radius 1 is 0.827 bits per heavy atom. The fourth-order valence-electron chi connectivity index (χ4n) is 7.43. The summed E-state index contributed by atoms with van der Waals surface area (Å²) >= 11 is 9.43. The Kier molecular flexibility index (Phi) is 12.5. The van der Waals surface area contributed by atoms with E-state index in [0.29, 0.717) is 6.61 Å². The number of benzene rings is 2. The van der Waals surface area contributed by atoms with Crippen molar-refractivity contribution in [3.8, 4) is 46.7 Å². The first-order chi connectivity index (χ1) is 24.9. The highest BCUT2D eigenvalue weighted by atomic mass is 79.9. The van der Waals surface area contributed by atoms with Gasteiger partial charge in [-0.2, -0.15) is 0 Å². The van der Waals surface area contributed by atoms with Crippen molar-refractivity contribution in [3.05, 3.63) is 93.2 Å². The van der Waals surface area contributed by atoms with Gasteiger partial charge in [0.2, 0.25) is 5.72 Å². The normalized spacial score (nSPS) is 21.0. The van der Waals surface area contributed by atoms with Gasteiger partial charge in [-0.25, -0.2) is 0 Å². The lowest BCUT2D eigenvalue weighted by atomic mass is 9.77. The SMILES string of the molecule is CCCCOc1ccc2c(c1)C(C)(C)C(=CC=C1CCC(C=CC3(OC#CC#CC#CCl)N(C)c4ccc(OCCCC)cc4C3(C)C)=C1Br)N2C. The molecule has 272 valence electrons. The second-order valence-electron chi connectivity index (χ2n) is 14.5. The van der Waals surface area contributed by atoms with Gasteiger partial charge >= 0.3 is 0 Å². The van der Waals surface area contributed by atoms with Gasteiger partial charge in [-0.05, 0) is 122 Å². The lowest BCUT2D eigenvalue weighted by Crippen LogP contribution is -2.54. The van der Waals surface area contributed by atoms with Crippen LogP contribution >= 0.6 is 27.5 Å². The van der Waals surface area contributed by atoms with E-state index in [0.717, 1.165) is 72.4 Å². The molecule has 7 heteroatoms. The number of likely N-dealkylation sites (N-methyl/N-ethyl adjacent to an activating group) is 2. The van der Waals surface area contributed by atoms with Gasteiger partial charge in [0.15, 0.2) is 0 Å². The van der Waals surface area contributed by atoms with E-state index >= 15 is 0 Å². The predicted octanol–water partition coefficient (Wildman–Crippen LogP) is 10.9. The largest absolute Gasteiger partial charge is 0.494 e. The molecule has 0 bridgehead atoms. The molecule has 0 fully saturated rings. The number of nitrogens with zero attached hydrogens (tertiary/aromatic N) is 2. The van der Waals surface area contributed by atoms with Crippen molar-refractivity contribution in [1.29, 1.82) is 0 Å². The lowest BCUT2D eigenvalue weighted by Gasteiger charge is -2.41. The van der Waals surface area contributed by atoms with Gasteiger partial charge in [0, 0.05) is 70.1 Å². The molecule has 2 heterocycles. The molecule has 2 aliphatic heterocycles. The molecule has 52 heavy (non-hydrogen) atoms. The number of anilines is 2. The molecule has 2 aromatic rings. The van der Waals surface area contributed by atoms with Gasteiger partial charge in [0.1, 0.15) is 17.6 Å². The maximum Gasteiger partial charge on any atom is 0.222 e. The van der Waals surface area contributed by atoms with Crippen LogP contribution in [0.1, 0.15) is 91.2 Å². The van der Waals surface area contributed by atoms with Gasteiger partial charge in [0.05, 0.1) is 18.6 Å². The molecule has 0 spiro atoms. The minimum Gasteiger partial charge on any atom is -0.494 e. The minimum absolute atomic E-state index is 0.164. The van der Waals surface area contributed by atoms with Crippen LogP contribution in [0.15, 0.2) is 82.0 Å². The van der Waals surface area contributed by atoms with Crippen LogP contribution in [0.25, 0.3) is 0 Å². The third-order valence-corrected chi connectivity index (χ3v) is 11.7. The van der Waals surface area contributed by atoms with Gasteiger partial charge < -0.3 is 24.0 Å². The standard InChI is InChI=1S/C45H50BrClN2O3/c1-9-11-28-50-35-20-22-39-37(31-35)43(3,4)41(48(39)7)24-19-33-17-18-34(42(33)46)25-26-45(52-30-16-14-13-15-27-47)44(5,6)38-32-36(51-29-12-10-2)21-23-40(38)49(45)8/h19-26,31-32H,9-12,17-18,28-29H2,1-8H3. The average Bonchev–Trinajstić information content (AvgIpc) is 3.63. The Morgan fingerprint density at radius 2 is 1.46 bits per heavy atom. The molecule has 1 unspecified atom stereocenters. The number of hydrogen-bond donors (Lipinski definition) is 0. The average molecular weight is 782 g/mol. The smallest absolute Gasteiger partial charge is 0.222 e. The van der Waals surface area contributed by atoms with E-state index in [1.165, 1.54) is 28.1 Å². The summed E-state index contributed by atoms with van der Waals surface area (Å²) in [6.07, 6.45) is 17.8. The Bertz CT molecular complexity index is 1990. The molecule has 2 aromatic carbocycles. The van der Waals surface area contributed by atoms with E-state index in [4.69, 9.17) is 25.8 Å². The molecule has 1 atom stereocenters. The van der Waals surface area contributed by atoms with E-state index in [1.807, 2.05) is 6.07 Å². The van der Waals surface area contributed by atoms with Crippen molar-refractivity contribution in [2.24, 2.45) is 0 Å². The quantitative estimate of drug-likeness (QED) is 0.158. The summed E-state index contributed by atoms with van der Waals surface area (Å²) < 4.78 is 19.8. The van der Waals surface area contributed by atoms with Crippen molar-refractivity contribution >= 4 is 38.9 Å². The molecule has 0 saturated carbocycles. The highest BCUT2D eigenvalue weighted by Gasteiger charge is 2.57. The van der Waals surface area contributed by atoms with E-state index in [1.54, 1.807) is 0 Å². The van der Waals surface area contributed by atoms with Crippen LogP contribution in [0.3, 0.4) is 0 Å². The summed E-state index contributed by atoms with van der Waals surface area (Å²) in [5.74, 6) is 12.4. The summed E-state index contributed by atoms with van der Waals surface area (Å²) in [6.45, 7) is 14.7. The van der Waals surface area contributed by atoms with Crippen LogP contribution < -0.4 is 19.3 Å². The molecule has 1 aliphatic carbocycles. The number of allylic oxidation sites excluding steroid dienone is 7. The van der Waals surface area contributed by atoms with Crippen molar-refractivity contribution in [2.45, 2.75) is 96.6 Å². The number of unbranched alkanes of at least 4 members (excludes halogenated alkanes) is 2. The Labute approximate surface area is 325 Å². The monoisotopic (exact) mass is 780 g/mol. The molecule has 0 N–H and O–H groups in total. The first-order valence-corrected chi connectivity index (χ1v) is 19.4. The van der Waals surface area contributed by atoms with Crippen LogP contribution in [0.4, 0.5) is 11.4 Å². The predicted molar refractivity (Wildman–Crippen MR) is 220 cm³/mol. The van der Waals surface area contributed by atoms with Crippen molar-refractivity contribution in [3.63, 3.8) is 0 Å². The van der Waals surface area contributed by atoms with Crippen LogP contribution in [0.5, 0.6) is 11.5 Å². The summed E-state index contributed by atoms with van der Waals surface area (Å²) in [5, 5.41) is 2.25. The maximum absolute atomic E-state index is 6.53. The van der Waals surface area contributed by atoms with Crippen molar-refractivity contribution < 1.29 is 14.2 Å². The zero-order valence-electron chi connectivity index (χ0n) is 31.8. The molecule has 5 nitrogen and oxygen atoms in total. The number of hydrogen-bond acceptors (Lipinski definition) is 5. The topological polar surface area (TPSA) is 34.2 Å². The Hall–Kier alpha value is -4.15. The first kappa shape index (κ1) is 39.1. The van der Waals surface area contributed by atoms with Crippen LogP contribution in [0.2, 0.25) is 0 Å². The summed E-state index contributed by atoms with van der Waals surface area (Å²) in [5.41, 5.74) is 6.82. The first-order valence-electron chi connectivity index (χ1n) is 18.2. The maximum atomic E-state index is 6.53. The van der Waals surface area contributed by atoms with E-state index in [-0.39, 0.29) is 5.41 Å². The fourth-order valence-corrected chi connectivity index (χ4v) is 8.14. The Balaban J connectivity index is 1.45. The van der Waals surface area contributed by atoms with Crippen LogP contribution in [-0.2, 0) is 15.6 Å². The molecular weight excluding hydrogens is 732 g/mol. The van der Waals surface area contributed by atoms with E-state index in [9.17, 15) is 0 Å². The second kappa shape index (κ2) is 16.7. The molecule has 3 aliphatic rings. The van der Waals surface area contributed by atoms with E-state index < -0.39 is 11.1 Å². The molecule has 0 radical (unpaired) electrons. The van der Waals surface area contributed by atoms with Gasteiger partial charge in [-0.3, -0.25) is 0 Å². The van der Waals surface area contributed by atoms with Gasteiger partial charge in [-0.1, -0.05) is 68.6 Å².